The molecule has 8 nitrogen and oxygen atoms in total. The van der Waals surface area contributed by atoms with Crippen LogP contribution in [-0.2, 0) is 28.9 Å². The monoisotopic (exact) mass is 416 g/mol. The number of aryl methyl sites for hydroxylation is 1. The molecule has 2 aliphatic rings. The first-order chi connectivity index (χ1) is 13.9. The second-order valence-electron chi connectivity index (χ2n) is 7.64. The van der Waals surface area contributed by atoms with E-state index in [0.717, 1.165) is 29.7 Å². The van der Waals surface area contributed by atoms with Crippen LogP contribution >= 0.6 is 11.3 Å². The molecule has 3 heterocycles. The lowest BCUT2D eigenvalue weighted by Crippen LogP contribution is -2.50. The fourth-order valence-corrected chi connectivity index (χ4v) is 5.39. The summed E-state index contributed by atoms with van der Waals surface area (Å²) in [6, 6.07) is -0.926. The summed E-state index contributed by atoms with van der Waals surface area (Å²) in [4.78, 5) is 44.1. The van der Waals surface area contributed by atoms with Crippen molar-refractivity contribution in [2.24, 2.45) is 5.92 Å². The number of allylic oxidation sites excluding steroid dienone is 1. The number of hydrogen-bond acceptors (Lipinski definition) is 6. The Labute approximate surface area is 172 Å². The van der Waals surface area contributed by atoms with E-state index in [-0.39, 0.29) is 18.7 Å². The minimum atomic E-state index is -0.513. The number of thiophene rings is 1. The maximum Gasteiger partial charge on any atom is 0.337 e. The summed E-state index contributed by atoms with van der Waals surface area (Å²) in [6.07, 6.45) is 4.41. The smallest absolute Gasteiger partial charge is 0.337 e. The Kier molecular flexibility index (Phi) is 5.16. The predicted octanol–water partition coefficient (Wildman–Crippen LogP) is 2.10. The molecule has 4 rings (SSSR count). The third-order valence-electron chi connectivity index (χ3n) is 5.48. The standard InChI is InChI=1S/C20H24N4O4S/c1-4-28-19(26)15-11(3)22-20(27)23-13(15)8-24-9-21-17-16(18(24)25)12-6-5-10(2)7-14(12)29-17/h9-11H,4-8H2,1-3H3,(H2,22,23,27)/t10-,11+/m1/s1. The molecule has 2 N–H and O–H groups in total. The highest BCUT2D eigenvalue weighted by Gasteiger charge is 2.30. The van der Waals surface area contributed by atoms with Crippen LogP contribution in [0, 0.1) is 5.92 Å². The van der Waals surface area contributed by atoms with Crippen molar-refractivity contribution in [2.45, 2.75) is 52.6 Å². The zero-order valence-electron chi connectivity index (χ0n) is 16.7. The van der Waals surface area contributed by atoms with Crippen molar-refractivity contribution < 1.29 is 14.3 Å². The zero-order valence-corrected chi connectivity index (χ0v) is 17.5. The summed E-state index contributed by atoms with van der Waals surface area (Å²) < 4.78 is 6.60. The van der Waals surface area contributed by atoms with E-state index < -0.39 is 18.0 Å². The molecule has 0 fully saturated rings. The van der Waals surface area contributed by atoms with Crippen LogP contribution in [-0.4, -0.2) is 34.2 Å². The van der Waals surface area contributed by atoms with Gasteiger partial charge in [-0.05, 0) is 44.6 Å². The van der Waals surface area contributed by atoms with Crippen molar-refractivity contribution in [1.82, 2.24) is 20.2 Å². The lowest BCUT2D eigenvalue weighted by Gasteiger charge is -2.26. The fourth-order valence-electron chi connectivity index (χ4n) is 4.05. The third-order valence-corrected chi connectivity index (χ3v) is 6.64. The first-order valence-corrected chi connectivity index (χ1v) is 10.7. The number of esters is 1. The molecule has 0 aromatic carbocycles. The van der Waals surface area contributed by atoms with Crippen LogP contribution in [0.5, 0.6) is 0 Å². The van der Waals surface area contributed by atoms with Gasteiger partial charge in [-0.2, -0.15) is 0 Å². The van der Waals surface area contributed by atoms with Crippen molar-refractivity contribution in [3.05, 3.63) is 38.4 Å². The van der Waals surface area contributed by atoms with Gasteiger partial charge in [0.2, 0.25) is 0 Å². The van der Waals surface area contributed by atoms with Crippen LogP contribution in [0.1, 0.15) is 37.6 Å². The number of aromatic nitrogens is 2. The average molecular weight is 417 g/mol. The number of urea groups is 1. The number of ether oxygens (including phenoxy) is 1. The minimum Gasteiger partial charge on any atom is -0.463 e. The molecule has 29 heavy (non-hydrogen) atoms. The van der Waals surface area contributed by atoms with Crippen LogP contribution in [0.4, 0.5) is 4.79 Å². The number of nitrogens with zero attached hydrogens (tertiary/aromatic N) is 2. The number of nitrogens with one attached hydrogen (secondary N) is 2. The zero-order chi connectivity index (χ0) is 20.7. The topological polar surface area (TPSA) is 102 Å². The highest BCUT2D eigenvalue weighted by Crippen LogP contribution is 2.35. The first kappa shape index (κ1) is 19.6. The van der Waals surface area contributed by atoms with Gasteiger partial charge in [-0.3, -0.25) is 9.36 Å². The van der Waals surface area contributed by atoms with Gasteiger partial charge in [0, 0.05) is 4.88 Å². The Morgan fingerprint density at radius 1 is 1.38 bits per heavy atom. The van der Waals surface area contributed by atoms with E-state index in [4.69, 9.17) is 4.74 Å². The fraction of sp³-hybridized carbons (Fsp3) is 0.500. The second kappa shape index (κ2) is 7.62. The molecule has 0 spiro atoms. The van der Waals surface area contributed by atoms with Crippen molar-refractivity contribution >= 4 is 33.6 Å². The van der Waals surface area contributed by atoms with Gasteiger partial charge in [-0.25, -0.2) is 14.6 Å². The number of carbonyl (C=O) groups excluding carboxylic acids is 2. The molecule has 1 aliphatic heterocycles. The third kappa shape index (κ3) is 3.55. The molecule has 0 bridgehead atoms. The maximum absolute atomic E-state index is 13.2. The lowest BCUT2D eigenvalue weighted by molar-refractivity contribution is -0.139. The van der Waals surface area contributed by atoms with E-state index >= 15 is 0 Å². The predicted molar refractivity (Wildman–Crippen MR) is 110 cm³/mol. The molecule has 2 aromatic heterocycles. The van der Waals surface area contributed by atoms with Gasteiger partial charge in [0.15, 0.2) is 0 Å². The molecule has 2 atom stereocenters. The summed E-state index contributed by atoms with van der Waals surface area (Å²) in [5.74, 6) is 0.105. The molecule has 2 amide bonds. The van der Waals surface area contributed by atoms with Gasteiger partial charge in [0.05, 0.1) is 42.2 Å². The molecule has 9 heteroatoms. The number of rotatable bonds is 4. The van der Waals surface area contributed by atoms with E-state index in [1.54, 1.807) is 25.2 Å². The first-order valence-electron chi connectivity index (χ1n) is 9.86. The Morgan fingerprint density at radius 3 is 2.93 bits per heavy atom. The van der Waals surface area contributed by atoms with Crippen LogP contribution in [0.15, 0.2) is 22.4 Å². The van der Waals surface area contributed by atoms with Gasteiger partial charge in [0.25, 0.3) is 5.56 Å². The SMILES string of the molecule is CCOC(=O)C1=C(Cn2cnc3sc4c(c3c2=O)CC[C@@H](C)C4)NC(=O)N[C@H]1C. The summed E-state index contributed by atoms with van der Waals surface area (Å²) in [5, 5.41) is 6.00. The Bertz CT molecular complexity index is 1080. The summed E-state index contributed by atoms with van der Waals surface area (Å²) in [7, 11) is 0. The van der Waals surface area contributed by atoms with Crippen LogP contribution < -0.4 is 16.2 Å². The number of fused-ring (bicyclic) bond motifs is 3. The van der Waals surface area contributed by atoms with Gasteiger partial charge in [0.1, 0.15) is 4.83 Å². The molecular formula is C20H24N4O4S. The van der Waals surface area contributed by atoms with Crippen molar-refractivity contribution in [3.63, 3.8) is 0 Å². The van der Waals surface area contributed by atoms with E-state index in [9.17, 15) is 14.4 Å². The van der Waals surface area contributed by atoms with E-state index in [2.05, 4.69) is 22.5 Å². The highest BCUT2D eigenvalue weighted by molar-refractivity contribution is 7.18. The van der Waals surface area contributed by atoms with Gasteiger partial charge >= 0.3 is 12.0 Å². The molecule has 0 unspecified atom stereocenters. The van der Waals surface area contributed by atoms with E-state index in [0.29, 0.717) is 22.6 Å². The Hall–Kier alpha value is -2.68. The van der Waals surface area contributed by atoms with E-state index in [1.165, 1.54) is 15.8 Å². The quantitative estimate of drug-likeness (QED) is 0.743. The number of hydrogen-bond donors (Lipinski definition) is 2. The summed E-state index contributed by atoms with van der Waals surface area (Å²) >= 11 is 1.59. The molecule has 0 saturated heterocycles. The molecule has 154 valence electrons. The highest BCUT2D eigenvalue weighted by atomic mass is 32.1. The van der Waals surface area contributed by atoms with Gasteiger partial charge in [-0.15, -0.1) is 11.3 Å². The van der Waals surface area contributed by atoms with E-state index in [1.807, 2.05) is 0 Å². The Balaban J connectivity index is 1.77. The normalized spacial score (nSPS) is 21.6. The molecule has 1 aliphatic carbocycles. The van der Waals surface area contributed by atoms with Crippen LogP contribution in [0.25, 0.3) is 10.2 Å². The van der Waals surface area contributed by atoms with Crippen molar-refractivity contribution in [3.8, 4) is 0 Å². The maximum atomic E-state index is 13.2. The molecule has 0 saturated carbocycles. The lowest BCUT2D eigenvalue weighted by atomic mass is 9.89. The van der Waals surface area contributed by atoms with Gasteiger partial charge < -0.3 is 15.4 Å². The summed E-state index contributed by atoms with van der Waals surface area (Å²) in [5.41, 5.74) is 1.65. The molecule has 2 aromatic rings. The van der Waals surface area contributed by atoms with Gasteiger partial charge in [-0.1, -0.05) is 6.92 Å². The largest absolute Gasteiger partial charge is 0.463 e. The molecule has 0 radical (unpaired) electrons. The van der Waals surface area contributed by atoms with Crippen molar-refractivity contribution in [1.29, 1.82) is 0 Å². The number of amides is 2. The molecular weight excluding hydrogens is 392 g/mol. The van der Waals surface area contributed by atoms with Crippen molar-refractivity contribution in [2.75, 3.05) is 6.61 Å². The Morgan fingerprint density at radius 2 is 2.17 bits per heavy atom. The van der Waals surface area contributed by atoms with Crippen LogP contribution in [0.3, 0.4) is 0 Å². The average Bonchev–Trinajstić information content (AvgIpc) is 3.01. The summed E-state index contributed by atoms with van der Waals surface area (Å²) in [6.45, 7) is 5.94. The minimum absolute atomic E-state index is 0.0503. The second-order valence-corrected chi connectivity index (χ2v) is 8.73. The number of carbonyl (C=O) groups is 2. The van der Waals surface area contributed by atoms with Crippen LogP contribution in [0.2, 0.25) is 0 Å².